The van der Waals surface area contributed by atoms with Gasteiger partial charge < -0.3 is 20.6 Å². The van der Waals surface area contributed by atoms with Crippen molar-refractivity contribution in [3.63, 3.8) is 0 Å². The summed E-state index contributed by atoms with van der Waals surface area (Å²) < 4.78 is 0. The van der Waals surface area contributed by atoms with Gasteiger partial charge in [-0.3, -0.25) is 9.59 Å². The van der Waals surface area contributed by atoms with Crippen LogP contribution in [0.3, 0.4) is 0 Å². The first-order valence-corrected chi connectivity index (χ1v) is 7.55. The Labute approximate surface area is 125 Å². The molecule has 7 nitrogen and oxygen atoms in total. The number of amides is 3. The van der Waals surface area contributed by atoms with Crippen LogP contribution >= 0.6 is 0 Å². The van der Waals surface area contributed by atoms with E-state index in [-0.39, 0.29) is 18.4 Å². The van der Waals surface area contributed by atoms with Crippen LogP contribution in [0.1, 0.15) is 45.4 Å². The summed E-state index contributed by atoms with van der Waals surface area (Å²) in [6.45, 7) is 3.72. The number of carboxylic acid groups (broad SMARTS) is 1. The number of carboxylic acids is 1. The second-order valence-corrected chi connectivity index (χ2v) is 5.36. The molecule has 1 atom stereocenters. The van der Waals surface area contributed by atoms with Gasteiger partial charge in [0.15, 0.2) is 0 Å². The lowest BCUT2D eigenvalue weighted by molar-refractivity contribution is -0.137. The van der Waals surface area contributed by atoms with Crippen molar-refractivity contribution in [1.29, 1.82) is 0 Å². The normalized spacial score (nSPS) is 15.6. The Morgan fingerprint density at radius 2 is 1.81 bits per heavy atom. The highest BCUT2D eigenvalue weighted by Crippen LogP contribution is 2.08. The van der Waals surface area contributed by atoms with Crippen molar-refractivity contribution >= 4 is 17.9 Å². The van der Waals surface area contributed by atoms with Crippen molar-refractivity contribution in [2.45, 2.75) is 51.5 Å². The first-order chi connectivity index (χ1) is 10.0. The molecule has 3 amide bonds. The third kappa shape index (κ3) is 6.97. The van der Waals surface area contributed by atoms with E-state index in [4.69, 9.17) is 5.11 Å². The third-order valence-corrected chi connectivity index (χ3v) is 3.49. The van der Waals surface area contributed by atoms with Crippen molar-refractivity contribution in [1.82, 2.24) is 15.5 Å². The molecule has 1 aliphatic rings. The van der Waals surface area contributed by atoms with E-state index < -0.39 is 12.0 Å². The fraction of sp³-hybridized carbons (Fsp3) is 0.786. The van der Waals surface area contributed by atoms with Crippen molar-refractivity contribution in [2.24, 2.45) is 0 Å². The fourth-order valence-electron chi connectivity index (χ4n) is 2.30. The minimum atomic E-state index is -0.796. The van der Waals surface area contributed by atoms with Crippen molar-refractivity contribution < 1.29 is 19.5 Å². The highest BCUT2D eigenvalue weighted by molar-refractivity contribution is 5.86. The van der Waals surface area contributed by atoms with Gasteiger partial charge in [-0.2, -0.15) is 0 Å². The van der Waals surface area contributed by atoms with Crippen LogP contribution in [0.15, 0.2) is 0 Å². The summed E-state index contributed by atoms with van der Waals surface area (Å²) >= 11 is 0. The van der Waals surface area contributed by atoms with Crippen LogP contribution < -0.4 is 10.6 Å². The Morgan fingerprint density at radius 1 is 1.14 bits per heavy atom. The lowest BCUT2D eigenvalue weighted by atomic mass is 10.2. The largest absolute Gasteiger partial charge is 0.481 e. The number of hydrogen-bond donors (Lipinski definition) is 3. The Balaban J connectivity index is 2.09. The minimum absolute atomic E-state index is 0.0379. The summed E-state index contributed by atoms with van der Waals surface area (Å²) in [4.78, 5) is 35.7. The lowest BCUT2D eigenvalue weighted by Crippen LogP contribution is -2.49. The third-order valence-electron chi connectivity index (χ3n) is 3.49. The molecule has 0 aromatic heterocycles. The molecule has 0 aliphatic carbocycles. The summed E-state index contributed by atoms with van der Waals surface area (Å²) in [5.41, 5.74) is 0. The Hall–Kier alpha value is -1.79. The maximum absolute atomic E-state index is 12.0. The molecule has 0 aromatic carbocycles. The molecular weight excluding hydrogens is 274 g/mol. The molecule has 0 saturated carbocycles. The van der Waals surface area contributed by atoms with Crippen molar-refractivity contribution in [3.05, 3.63) is 0 Å². The van der Waals surface area contributed by atoms with Gasteiger partial charge in [0.25, 0.3) is 0 Å². The van der Waals surface area contributed by atoms with E-state index in [1.54, 1.807) is 11.8 Å². The molecule has 0 spiro atoms. The second kappa shape index (κ2) is 9.20. The molecule has 7 heteroatoms. The molecular formula is C14H25N3O4. The van der Waals surface area contributed by atoms with Gasteiger partial charge in [-0.1, -0.05) is 6.42 Å². The Kier molecular flexibility index (Phi) is 7.56. The Morgan fingerprint density at radius 3 is 2.43 bits per heavy atom. The summed E-state index contributed by atoms with van der Waals surface area (Å²) in [5.74, 6) is -0.834. The van der Waals surface area contributed by atoms with E-state index in [0.717, 1.165) is 38.8 Å². The number of carbonyl (C=O) groups excluding carboxylic acids is 2. The van der Waals surface area contributed by atoms with E-state index in [2.05, 4.69) is 10.6 Å². The van der Waals surface area contributed by atoms with E-state index in [9.17, 15) is 14.4 Å². The zero-order valence-electron chi connectivity index (χ0n) is 12.6. The van der Waals surface area contributed by atoms with Crippen LogP contribution in [0.5, 0.6) is 0 Å². The molecule has 1 aliphatic heterocycles. The number of hydrogen-bond acceptors (Lipinski definition) is 3. The molecule has 0 radical (unpaired) electrons. The van der Waals surface area contributed by atoms with Crippen LogP contribution in [0, 0.1) is 0 Å². The number of urea groups is 1. The van der Waals surface area contributed by atoms with Crippen LogP contribution in [-0.4, -0.2) is 53.6 Å². The van der Waals surface area contributed by atoms with Gasteiger partial charge in [0, 0.05) is 26.1 Å². The van der Waals surface area contributed by atoms with Gasteiger partial charge in [-0.15, -0.1) is 0 Å². The molecule has 1 saturated heterocycles. The Bertz CT molecular complexity index is 367. The number of nitrogens with zero attached hydrogens (tertiary/aromatic N) is 1. The topological polar surface area (TPSA) is 98.7 Å². The smallest absolute Gasteiger partial charge is 0.315 e. The minimum Gasteiger partial charge on any atom is -0.481 e. The van der Waals surface area contributed by atoms with Gasteiger partial charge in [0.05, 0.1) is 0 Å². The molecule has 3 N–H and O–H groups in total. The van der Waals surface area contributed by atoms with Crippen molar-refractivity contribution in [2.75, 3.05) is 19.6 Å². The number of rotatable bonds is 8. The van der Waals surface area contributed by atoms with Crippen LogP contribution in [-0.2, 0) is 9.59 Å². The second-order valence-electron chi connectivity index (χ2n) is 5.36. The monoisotopic (exact) mass is 299 g/mol. The number of likely N-dealkylation sites (tertiary alicyclic amines) is 1. The highest BCUT2D eigenvalue weighted by Gasteiger charge is 2.24. The molecule has 0 bridgehead atoms. The first-order valence-electron chi connectivity index (χ1n) is 7.55. The summed E-state index contributed by atoms with van der Waals surface area (Å²) in [6.07, 6.45) is 4.32. The highest BCUT2D eigenvalue weighted by atomic mass is 16.4. The molecule has 120 valence electrons. The SMILES string of the molecule is CC(NC(=O)NCCCCCC(=O)O)C(=O)N1CCCC1. The zero-order valence-corrected chi connectivity index (χ0v) is 12.6. The van der Waals surface area contributed by atoms with E-state index in [1.807, 2.05) is 0 Å². The van der Waals surface area contributed by atoms with E-state index >= 15 is 0 Å². The van der Waals surface area contributed by atoms with Gasteiger partial charge in [-0.25, -0.2) is 4.79 Å². The fourth-order valence-corrected chi connectivity index (χ4v) is 2.30. The molecule has 1 unspecified atom stereocenters. The number of unbranched alkanes of at least 4 members (excludes halogenated alkanes) is 2. The quantitative estimate of drug-likeness (QED) is 0.581. The number of carbonyl (C=O) groups is 3. The summed E-state index contributed by atoms with van der Waals surface area (Å²) in [7, 11) is 0. The lowest BCUT2D eigenvalue weighted by Gasteiger charge is -2.21. The maximum Gasteiger partial charge on any atom is 0.315 e. The molecule has 1 rings (SSSR count). The average molecular weight is 299 g/mol. The van der Waals surface area contributed by atoms with Gasteiger partial charge >= 0.3 is 12.0 Å². The maximum atomic E-state index is 12.0. The van der Waals surface area contributed by atoms with Gasteiger partial charge in [0.2, 0.25) is 5.91 Å². The number of aliphatic carboxylic acids is 1. The average Bonchev–Trinajstić information content (AvgIpc) is 2.95. The summed E-state index contributed by atoms with van der Waals surface area (Å²) in [6, 6.07) is -0.872. The molecule has 21 heavy (non-hydrogen) atoms. The van der Waals surface area contributed by atoms with E-state index in [0.29, 0.717) is 13.0 Å². The van der Waals surface area contributed by atoms with E-state index in [1.165, 1.54) is 0 Å². The predicted molar refractivity (Wildman–Crippen MR) is 77.9 cm³/mol. The van der Waals surface area contributed by atoms with Gasteiger partial charge in [-0.05, 0) is 32.6 Å². The van der Waals surface area contributed by atoms with Crippen LogP contribution in [0.4, 0.5) is 4.79 Å². The van der Waals surface area contributed by atoms with Crippen LogP contribution in [0.2, 0.25) is 0 Å². The predicted octanol–water partition coefficient (Wildman–Crippen LogP) is 0.942. The standard InChI is InChI=1S/C14H25N3O4/c1-11(13(20)17-9-5-6-10-17)16-14(21)15-8-4-2-3-7-12(18)19/h11H,2-10H2,1H3,(H,18,19)(H2,15,16,21). The molecule has 1 fully saturated rings. The molecule has 0 aromatic rings. The summed E-state index contributed by atoms with van der Waals surface area (Å²) in [5, 5.41) is 13.8. The zero-order chi connectivity index (χ0) is 15.7. The van der Waals surface area contributed by atoms with Crippen molar-refractivity contribution in [3.8, 4) is 0 Å². The van der Waals surface area contributed by atoms with Crippen LogP contribution in [0.25, 0.3) is 0 Å². The van der Waals surface area contributed by atoms with Gasteiger partial charge in [0.1, 0.15) is 6.04 Å². The molecule has 1 heterocycles. The first kappa shape index (κ1) is 17.3. The number of nitrogens with one attached hydrogen (secondary N) is 2.